The Hall–Kier alpha value is -3.72. The first-order valence-electron chi connectivity index (χ1n) is 9.91. The first-order chi connectivity index (χ1) is 15.1. The van der Waals surface area contributed by atoms with E-state index in [0.29, 0.717) is 54.1 Å². The fraction of sp³-hybridized carbons (Fsp3) is 0.273. The lowest BCUT2D eigenvalue weighted by molar-refractivity contribution is 0.0259. The van der Waals surface area contributed by atoms with Gasteiger partial charge in [0.05, 0.1) is 31.6 Å². The van der Waals surface area contributed by atoms with Gasteiger partial charge in [-0.05, 0) is 18.2 Å². The normalized spacial score (nSPS) is 16.6. The van der Waals surface area contributed by atoms with E-state index >= 15 is 0 Å². The minimum Gasteiger partial charge on any atom is -0.493 e. The second-order valence-corrected chi connectivity index (χ2v) is 7.27. The third-order valence-corrected chi connectivity index (χ3v) is 5.37. The molecule has 158 valence electrons. The van der Waals surface area contributed by atoms with Gasteiger partial charge in [-0.25, -0.2) is 15.0 Å². The molecule has 0 N–H and O–H groups in total. The van der Waals surface area contributed by atoms with Crippen LogP contribution in [0.4, 0.5) is 5.95 Å². The van der Waals surface area contributed by atoms with Crippen LogP contribution < -0.4 is 15.2 Å². The number of methoxy groups -OCH3 is 1. The van der Waals surface area contributed by atoms with Gasteiger partial charge in [-0.1, -0.05) is 12.1 Å². The van der Waals surface area contributed by atoms with E-state index in [1.807, 2.05) is 29.2 Å². The largest absolute Gasteiger partial charge is 0.493 e. The lowest BCUT2D eigenvalue weighted by Gasteiger charge is -2.33. The Morgan fingerprint density at radius 3 is 2.90 bits per heavy atom. The van der Waals surface area contributed by atoms with E-state index in [2.05, 4.69) is 9.97 Å². The highest BCUT2D eigenvalue weighted by Crippen LogP contribution is 2.34. The number of benzene rings is 1. The summed E-state index contributed by atoms with van der Waals surface area (Å²) in [5, 5.41) is 0.950. The van der Waals surface area contributed by atoms with E-state index in [-0.39, 0.29) is 11.7 Å². The number of para-hydroxylation sites is 1. The molecule has 0 amide bonds. The van der Waals surface area contributed by atoms with Crippen molar-refractivity contribution in [2.24, 2.45) is 7.05 Å². The lowest BCUT2D eigenvalue weighted by Crippen LogP contribution is -2.41. The SMILES string of the molecule is COc1cccc2cc(C3CN(c4nc(-c5ccncn5)cc(=O)n4C)CCO3)oc12. The molecule has 0 spiro atoms. The van der Waals surface area contributed by atoms with Gasteiger partial charge in [-0.3, -0.25) is 9.36 Å². The molecule has 9 heteroatoms. The molecule has 1 aliphatic heterocycles. The third kappa shape index (κ3) is 3.53. The molecule has 0 radical (unpaired) electrons. The minimum absolute atomic E-state index is 0.157. The van der Waals surface area contributed by atoms with Crippen LogP contribution in [0.2, 0.25) is 0 Å². The Bertz CT molecular complexity index is 1280. The maximum Gasteiger partial charge on any atom is 0.255 e. The van der Waals surface area contributed by atoms with E-state index in [1.165, 1.54) is 17.0 Å². The van der Waals surface area contributed by atoms with E-state index in [9.17, 15) is 4.79 Å². The highest BCUT2D eigenvalue weighted by Gasteiger charge is 2.28. The Morgan fingerprint density at radius 1 is 1.19 bits per heavy atom. The van der Waals surface area contributed by atoms with Gasteiger partial charge in [-0.15, -0.1) is 0 Å². The number of hydrogen-bond acceptors (Lipinski definition) is 8. The minimum atomic E-state index is -0.300. The van der Waals surface area contributed by atoms with Gasteiger partial charge in [0.2, 0.25) is 5.95 Å². The molecule has 31 heavy (non-hydrogen) atoms. The summed E-state index contributed by atoms with van der Waals surface area (Å²) in [4.78, 5) is 27.5. The number of morpholine rings is 1. The monoisotopic (exact) mass is 419 g/mol. The number of ether oxygens (including phenoxy) is 2. The Morgan fingerprint density at radius 2 is 2.10 bits per heavy atom. The van der Waals surface area contributed by atoms with Crippen LogP contribution in [0.1, 0.15) is 11.9 Å². The van der Waals surface area contributed by atoms with Gasteiger partial charge in [0.25, 0.3) is 5.56 Å². The average Bonchev–Trinajstić information content (AvgIpc) is 3.26. The van der Waals surface area contributed by atoms with Crippen molar-refractivity contribution in [3.63, 3.8) is 0 Å². The van der Waals surface area contributed by atoms with Gasteiger partial charge in [-0.2, -0.15) is 0 Å². The van der Waals surface area contributed by atoms with Gasteiger partial charge < -0.3 is 18.8 Å². The Labute approximate surface area is 177 Å². The van der Waals surface area contributed by atoms with E-state index in [0.717, 1.165) is 5.39 Å². The smallest absolute Gasteiger partial charge is 0.255 e. The van der Waals surface area contributed by atoms with Gasteiger partial charge in [0.15, 0.2) is 11.3 Å². The van der Waals surface area contributed by atoms with Crippen molar-refractivity contribution < 1.29 is 13.9 Å². The molecule has 1 aromatic carbocycles. The molecule has 9 nitrogen and oxygen atoms in total. The zero-order valence-corrected chi connectivity index (χ0v) is 17.2. The number of fused-ring (bicyclic) bond motifs is 1. The number of furan rings is 1. The summed E-state index contributed by atoms with van der Waals surface area (Å²) >= 11 is 0. The van der Waals surface area contributed by atoms with Crippen LogP contribution in [0.3, 0.4) is 0 Å². The highest BCUT2D eigenvalue weighted by atomic mass is 16.5. The van der Waals surface area contributed by atoms with Crippen LogP contribution >= 0.6 is 0 Å². The molecule has 1 fully saturated rings. The van der Waals surface area contributed by atoms with Crippen molar-refractivity contribution in [3.8, 4) is 17.1 Å². The van der Waals surface area contributed by atoms with E-state index in [1.54, 1.807) is 26.4 Å². The van der Waals surface area contributed by atoms with Crippen LogP contribution in [-0.4, -0.2) is 46.3 Å². The average molecular weight is 419 g/mol. The second kappa shape index (κ2) is 7.84. The summed E-state index contributed by atoms with van der Waals surface area (Å²) in [6.45, 7) is 1.58. The summed E-state index contributed by atoms with van der Waals surface area (Å²) < 4.78 is 19.0. The van der Waals surface area contributed by atoms with Crippen LogP contribution in [0, 0.1) is 0 Å². The predicted molar refractivity (Wildman–Crippen MR) is 114 cm³/mol. The molecule has 1 atom stereocenters. The van der Waals surface area contributed by atoms with Crippen molar-refractivity contribution in [2.75, 3.05) is 31.7 Å². The predicted octanol–water partition coefficient (Wildman–Crippen LogP) is 2.57. The topological polar surface area (TPSA) is 95.5 Å². The van der Waals surface area contributed by atoms with E-state index in [4.69, 9.17) is 18.9 Å². The molecule has 0 bridgehead atoms. The number of hydrogen-bond donors (Lipinski definition) is 0. The standard InChI is InChI=1S/C22H21N5O4/c1-26-20(28)11-16(15-6-7-23-13-24-15)25-22(26)27-8-9-30-19(12-27)18-10-14-4-3-5-17(29-2)21(14)31-18/h3-7,10-11,13,19H,8-9,12H2,1-2H3. The number of aromatic nitrogens is 4. The molecule has 3 aromatic heterocycles. The Kier molecular flexibility index (Phi) is 4.87. The number of nitrogens with zero attached hydrogens (tertiary/aromatic N) is 5. The third-order valence-electron chi connectivity index (χ3n) is 5.37. The summed E-state index contributed by atoms with van der Waals surface area (Å²) in [6.07, 6.45) is 2.77. The van der Waals surface area contributed by atoms with Crippen LogP contribution in [-0.2, 0) is 11.8 Å². The summed E-state index contributed by atoms with van der Waals surface area (Å²) in [5.41, 5.74) is 1.65. The molecular formula is C22H21N5O4. The van der Waals surface area contributed by atoms with Gasteiger partial charge in [0.1, 0.15) is 18.2 Å². The molecule has 0 aliphatic carbocycles. The van der Waals surface area contributed by atoms with Crippen LogP contribution in [0.5, 0.6) is 5.75 Å². The highest BCUT2D eigenvalue weighted by molar-refractivity contribution is 5.83. The quantitative estimate of drug-likeness (QED) is 0.498. The van der Waals surface area contributed by atoms with Gasteiger partial charge in [0, 0.05) is 31.2 Å². The molecular weight excluding hydrogens is 398 g/mol. The second-order valence-electron chi connectivity index (χ2n) is 7.27. The first-order valence-corrected chi connectivity index (χ1v) is 9.91. The number of anilines is 1. The molecule has 1 saturated heterocycles. The zero-order valence-electron chi connectivity index (χ0n) is 17.2. The molecule has 4 aromatic rings. The fourth-order valence-electron chi connectivity index (χ4n) is 3.76. The maximum atomic E-state index is 12.6. The molecule has 1 aliphatic rings. The van der Waals surface area contributed by atoms with Crippen molar-refractivity contribution in [1.29, 1.82) is 0 Å². The van der Waals surface area contributed by atoms with Crippen molar-refractivity contribution >= 4 is 16.9 Å². The van der Waals surface area contributed by atoms with E-state index < -0.39 is 0 Å². The van der Waals surface area contributed by atoms with Crippen molar-refractivity contribution in [1.82, 2.24) is 19.5 Å². The number of rotatable bonds is 4. The summed E-state index contributed by atoms with van der Waals surface area (Å²) in [5.74, 6) is 1.95. The van der Waals surface area contributed by atoms with Crippen LogP contribution in [0.15, 0.2) is 58.1 Å². The molecule has 5 rings (SSSR count). The maximum absolute atomic E-state index is 12.6. The molecule has 4 heterocycles. The molecule has 1 unspecified atom stereocenters. The van der Waals surface area contributed by atoms with Crippen molar-refractivity contribution in [2.45, 2.75) is 6.10 Å². The Balaban J connectivity index is 1.48. The van der Waals surface area contributed by atoms with Crippen molar-refractivity contribution in [3.05, 3.63) is 65.0 Å². The molecule has 0 saturated carbocycles. The zero-order chi connectivity index (χ0) is 21.4. The lowest BCUT2D eigenvalue weighted by atomic mass is 10.2. The summed E-state index contributed by atoms with van der Waals surface area (Å²) in [6, 6.07) is 10.9. The summed E-state index contributed by atoms with van der Waals surface area (Å²) in [7, 11) is 3.33. The van der Waals surface area contributed by atoms with Gasteiger partial charge >= 0.3 is 0 Å². The van der Waals surface area contributed by atoms with Crippen LogP contribution in [0.25, 0.3) is 22.4 Å². The first kappa shape index (κ1) is 19.3. The fourth-order valence-corrected chi connectivity index (χ4v) is 3.76.